The van der Waals surface area contributed by atoms with E-state index in [0.717, 1.165) is 0 Å². The Kier molecular flexibility index (Phi) is 2.55. The summed E-state index contributed by atoms with van der Waals surface area (Å²) in [6.45, 7) is 1.38. The van der Waals surface area contributed by atoms with Crippen molar-refractivity contribution < 1.29 is 14.7 Å². The fraction of sp³-hybridized carbons (Fsp3) is 0.375. The predicted octanol–water partition coefficient (Wildman–Crippen LogP) is -0.534. The van der Waals surface area contributed by atoms with Crippen LogP contribution in [-0.4, -0.2) is 27.0 Å². The van der Waals surface area contributed by atoms with Gasteiger partial charge in [-0.2, -0.15) is 0 Å². The molecule has 0 saturated carbocycles. The van der Waals surface area contributed by atoms with E-state index in [-0.39, 0.29) is 5.82 Å². The Morgan fingerprint density at radius 2 is 2.43 bits per heavy atom. The molecule has 1 aromatic rings. The topological polar surface area (TPSA) is 84.2 Å². The average molecular weight is 197 g/mol. The molecule has 0 saturated heterocycles. The Morgan fingerprint density at radius 1 is 1.79 bits per heavy atom. The average Bonchev–Trinajstić information content (AvgIpc) is 2.51. The number of carboxylic acid groups (broad SMARTS) is 1. The van der Waals surface area contributed by atoms with Crippen molar-refractivity contribution in [2.24, 2.45) is 7.05 Å². The SMILES string of the molecule is Cn1ccnc1C(C)(NC=O)C(=O)O. The summed E-state index contributed by atoms with van der Waals surface area (Å²) >= 11 is 0. The molecule has 76 valence electrons. The molecule has 0 radical (unpaired) electrons. The lowest BCUT2D eigenvalue weighted by molar-refractivity contribution is -0.146. The van der Waals surface area contributed by atoms with Gasteiger partial charge in [-0.15, -0.1) is 0 Å². The van der Waals surface area contributed by atoms with Crippen LogP contribution in [0.1, 0.15) is 12.7 Å². The fourth-order valence-corrected chi connectivity index (χ4v) is 1.19. The second-order valence-corrected chi connectivity index (χ2v) is 3.05. The molecule has 1 rings (SSSR count). The predicted molar refractivity (Wildman–Crippen MR) is 47.4 cm³/mol. The van der Waals surface area contributed by atoms with Crippen molar-refractivity contribution in [2.45, 2.75) is 12.5 Å². The van der Waals surface area contributed by atoms with E-state index in [1.165, 1.54) is 13.1 Å². The number of imidazole rings is 1. The molecule has 1 atom stereocenters. The van der Waals surface area contributed by atoms with Gasteiger partial charge in [-0.1, -0.05) is 0 Å². The molecule has 0 bridgehead atoms. The quantitative estimate of drug-likeness (QED) is 0.635. The summed E-state index contributed by atoms with van der Waals surface area (Å²) in [5, 5.41) is 11.2. The van der Waals surface area contributed by atoms with Gasteiger partial charge in [0.2, 0.25) is 6.41 Å². The number of carboxylic acids is 1. The molecule has 14 heavy (non-hydrogen) atoms. The van der Waals surface area contributed by atoms with Crippen LogP contribution in [0, 0.1) is 0 Å². The van der Waals surface area contributed by atoms with Crippen LogP contribution in [0.4, 0.5) is 0 Å². The first kappa shape index (κ1) is 10.2. The van der Waals surface area contributed by atoms with E-state index in [4.69, 9.17) is 5.11 Å². The molecule has 1 aromatic heterocycles. The zero-order chi connectivity index (χ0) is 10.8. The number of amides is 1. The van der Waals surface area contributed by atoms with Gasteiger partial charge >= 0.3 is 5.97 Å². The number of aromatic nitrogens is 2. The Hall–Kier alpha value is -1.85. The summed E-state index contributed by atoms with van der Waals surface area (Å²) in [5.74, 6) is -0.879. The Bertz CT molecular complexity index is 360. The number of carbonyl (C=O) groups excluding carboxylic acids is 1. The second-order valence-electron chi connectivity index (χ2n) is 3.05. The van der Waals surface area contributed by atoms with Crippen LogP contribution in [-0.2, 0) is 22.2 Å². The smallest absolute Gasteiger partial charge is 0.337 e. The molecule has 1 unspecified atom stereocenters. The Morgan fingerprint density at radius 3 is 2.79 bits per heavy atom. The van der Waals surface area contributed by atoms with Gasteiger partial charge in [0.15, 0.2) is 5.54 Å². The summed E-state index contributed by atoms with van der Waals surface area (Å²) < 4.78 is 1.55. The normalized spacial score (nSPS) is 14.4. The van der Waals surface area contributed by atoms with E-state index in [1.807, 2.05) is 0 Å². The number of carbonyl (C=O) groups is 2. The van der Waals surface area contributed by atoms with E-state index in [1.54, 1.807) is 17.8 Å². The molecule has 0 aliphatic carbocycles. The standard InChI is InChI=1S/C8H11N3O3/c1-8(7(13)14,10-5-12)6-9-3-4-11(6)2/h3-5H,1-2H3,(H,10,12)(H,13,14). The molecule has 0 spiro atoms. The van der Waals surface area contributed by atoms with Crippen LogP contribution in [0.2, 0.25) is 0 Å². The molecule has 0 aromatic carbocycles. The minimum atomic E-state index is -1.49. The van der Waals surface area contributed by atoms with Crippen molar-refractivity contribution >= 4 is 12.4 Å². The maximum absolute atomic E-state index is 11.0. The van der Waals surface area contributed by atoms with Gasteiger partial charge in [0, 0.05) is 19.4 Å². The molecule has 1 heterocycles. The molecule has 0 aliphatic rings. The number of rotatable bonds is 4. The van der Waals surface area contributed by atoms with Crippen LogP contribution in [0.25, 0.3) is 0 Å². The van der Waals surface area contributed by atoms with Gasteiger partial charge < -0.3 is 15.0 Å². The molecule has 6 nitrogen and oxygen atoms in total. The summed E-state index contributed by atoms with van der Waals surface area (Å²) in [6.07, 6.45) is 3.44. The van der Waals surface area contributed by atoms with Crippen LogP contribution in [0.3, 0.4) is 0 Å². The summed E-state index contributed by atoms with van der Waals surface area (Å²) in [5.41, 5.74) is -1.49. The first-order chi connectivity index (χ1) is 6.52. The number of nitrogens with zero attached hydrogens (tertiary/aromatic N) is 2. The van der Waals surface area contributed by atoms with Crippen molar-refractivity contribution in [1.29, 1.82) is 0 Å². The summed E-state index contributed by atoms with van der Waals surface area (Å²) in [7, 11) is 1.66. The van der Waals surface area contributed by atoms with Gasteiger partial charge in [-0.25, -0.2) is 9.78 Å². The largest absolute Gasteiger partial charge is 0.479 e. The van der Waals surface area contributed by atoms with Gasteiger partial charge in [0.1, 0.15) is 5.82 Å². The number of aryl methyl sites for hydroxylation is 1. The highest BCUT2D eigenvalue weighted by Gasteiger charge is 2.38. The lowest BCUT2D eigenvalue weighted by atomic mass is 10.0. The van der Waals surface area contributed by atoms with Crippen molar-refractivity contribution in [3.05, 3.63) is 18.2 Å². The minimum Gasteiger partial charge on any atom is -0.479 e. The first-order valence-corrected chi connectivity index (χ1v) is 3.95. The monoisotopic (exact) mass is 197 g/mol. The molecular weight excluding hydrogens is 186 g/mol. The number of nitrogens with one attached hydrogen (secondary N) is 1. The third-order valence-electron chi connectivity index (χ3n) is 2.04. The zero-order valence-electron chi connectivity index (χ0n) is 7.89. The van der Waals surface area contributed by atoms with Crippen LogP contribution >= 0.6 is 0 Å². The molecule has 0 fully saturated rings. The zero-order valence-corrected chi connectivity index (χ0v) is 7.89. The lowest BCUT2D eigenvalue weighted by Crippen LogP contribution is -2.47. The van der Waals surface area contributed by atoms with E-state index in [9.17, 15) is 9.59 Å². The molecule has 6 heteroatoms. The van der Waals surface area contributed by atoms with Gasteiger partial charge in [0.05, 0.1) is 0 Å². The molecule has 1 amide bonds. The first-order valence-electron chi connectivity index (χ1n) is 3.95. The molecular formula is C8H11N3O3. The fourth-order valence-electron chi connectivity index (χ4n) is 1.19. The highest BCUT2D eigenvalue weighted by molar-refractivity contribution is 5.81. The van der Waals surface area contributed by atoms with Crippen molar-refractivity contribution in [1.82, 2.24) is 14.9 Å². The third kappa shape index (κ3) is 1.46. The Labute approximate surface area is 80.6 Å². The van der Waals surface area contributed by atoms with Crippen molar-refractivity contribution in [3.8, 4) is 0 Å². The van der Waals surface area contributed by atoms with Crippen molar-refractivity contribution in [2.75, 3.05) is 0 Å². The minimum absolute atomic E-state index is 0.275. The lowest BCUT2D eigenvalue weighted by Gasteiger charge is -2.23. The number of aliphatic carboxylic acids is 1. The van der Waals surface area contributed by atoms with E-state index >= 15 is 0 Å². The second kappa shape index (κ2) is 3.49. The van der Waals surface area contributed by atoms with Crippen LogP contribution in [0.15, 0.2) is 12.4 Å². The summed E-state index contributed by atoms with van der Waals surface area (Å²) in [4.78, 5) is 25.2. The van der Waals surface area contributed by atoms with Gasteiger partial charge in [-0.3, -0.25) is 4.79 Å². The van der Waals surface area contributed by atoms with Crippen molar-refractivity contribution in [3.63, 3.8) is 0 Å². The summed E-state index contributed by atoms with van der Waals surface area (Å²) in [6, 6.07) is 0. The van der Waals surface area contributed by atoms with Crippen LogP contribution in [0.5, 0.6) is 0 Å². The van der Waals surface area contributed by atoms with E-state index in [0.29, 0.717) is 6.41 Å². The Balaban J connectivity index is 3.18. The number of hydrogen-bond donors (Lipinski definition) is 2. The maximum Gasteiger partial charge on any atom is 0.337 e. The highest BCUT2D eigenvalue weighted by atomic mass is 16.4. The van der Waals surface area contributed by atoms with Gasteiger partial charge in [0.25, 0.3) is 0 Å². The third-order valence-corrected chi connectivity index (χ3v) is 2.04. The van der Waals surface area contributed by atoms with E-state index in [2.05, 4.69) is 10.3 Å². The number of hydrogen-bond acceptors (Lipinski definition) is 3. The van der Waals surface area contributed by atoms with E-state index < -0.39 is 11.5 Å². The van der Waals surface area contributed by atoms with Crippen LogP contribution < -0.4 is 5.32 Å². The maximum atomic E-state index is 11.0. The highest BCUT2D eigenvalue weighted by Crippen LogP contribution is 2.17. The molecule has 0 aliphatic heterocycles. The molecule has 2 N–H and O–H groups in total. The van der Waals surface area contributed by atoms with Gasteiger partial charge in [-0.05, 0) is 6.92 Å².